The summed E-state index contributed by atoms with van der Waals surface area (Å²) < 4.78 is 1.98. The van der Waals surface area contributed by atoms with Gasteiger partial charge in [0.05, 0.1) is 23.1 Å². The number of aryl methyl sites for hydroxylation is 1. The Balaban J connectivity index is 1.61. The van der Waals surface area contributed by atoms with Gasteiger partial charge in [0.1, 0.15) is 5.82 Å². The van der Waals surface area contributed by atoms with Gasteiger partial charge in [-0.05, 0) is 42.3 Å². The van der Waals surface area contributed by atoms with E-state index in [9.17, 15) is 4.79 Å². The number of amides is 1. The molecule has 1 atom stereocenters. The number of anilines is 1. The molecule has 182 valence electrons. The number of nitrogens with zero attached hydrogens (tertiary/aromatic N) is 5. The molecule has 0 N–H and O–H groups in total. The first kappa shape index (κ1) is 23.8. The van der Waals surface area contributed by atoms with Crippen molar-refractivity contribution in [2.75, 3.05) is 11.9 Å². The Hall–Kier alpha value is -3.90. The van der Waals surface area contributed by atoms with Crippen molar-refractivity contribution in [2.45, 2.75) is 32.9 Å². The molecule has 0 aliphatic carbocycles. The van der Waals surface area contributed by atoms with Gasteiger partial charge in [0.25, 0.3) is 0 Å². The molecule has 36 heavy (non-hydrogen) atoms. The van der Waals surface area contributed by atoms with Crippen molar-refractivity contribution in [3.05, 3.63) is 112 Å². The van der Waals surface area contributed by atoms with Gasteiger partial charge in [0.15, 0.2) is 0 Å². The van der Waals surface area contributed by atoms with Crippen molar-refractivity contribution in [2.24, 2.45) is 5.10 Å². The van der Waals surface area contributed by atoms with Crippen LogP contribution >= 0.6 is 11.6 Å². The molecular formula is C29H28ClN5O. The van der Waals surface area contributed by atoms with Crippen molar-refractivity contribution in [3.63, 3.8) is 0 Å². The van der Waals surface area contributed by atoms with Crippen molar-refractivity contribution in [1.82, 2.24) is 14.8 Å². The quantitative estimate of drug-likeness (QED) is 0.320. The van der Waals surface area contributed by atoms with E-state index in [1.807, 2.05) is 84.4 Å². The zero-order valence-electron chi connectivity index (χ0n) is 20.6. The van der Waals surface area contributed by atoms with E-state index in [0.717, 1.165) is 34.0 Å². The Morgan fingerprint density at radius 2 is 1.64 bits per heavy atom. The number of para-hydroxylation sites is 1. The fourth-order valence-electron chi connectivity index (χ4n) is 4.81. The average Bonchev–Trinajstić information content (AvgIpc) is 3.47. The molecule has 1 unspecified atom stereocenters. The van der Waals surface area contributed by atoms with Crippen LogP contribution in [0.4, 0.5) is 5.82 Å². The van der Waals surface area contributed by atoms with Gasteiger partial charge in [0.2, 0.25) is 5.91 Å². The molecule has 6 nitrogen and oxygen atoms in total. The normalized spacial score (nSPS) is 15.2. The number of aromatic nitrogens is 2. The van der Waals surface area contributed by atoms with E-state index in [0.29, 0.717) is 18.0 Å². The first-order chi connectivity index (χ1) is 17.4. The fraction of sp³-hybridized carbons (Fsp3) is 0.207. The van der Waals surface area contributed by atoms with Crippen LogP contribution in [0.5, 0.6) is 0 Å². The number of hydrogen-bond acceptors (Lipinski definition) is 4. The van der Waals surface area contributed by atoms with E-state index < -0.39 is 0 Å². The van der Waals surface area contributed by atoms with Gasteiger partial charge in [-0.25, -0.2) is 9.69 Å². The van der Waals surface area contributed by atoms with Crippen LogP contribution in [0.15, 0.2) is 90.0 Å². The topological polar surface area (TPSA) is 53.7 Å². The van der Waals surface area contributed by atoms with Gasteiger partial charge in [-0.3, -0.25) is 4.79 Å². The van der Waals surface area contributed by atoms with Crippen LogP contribution in [0.1, 0.15) is 41.8 Å². The van der Waals surface area contributed by atoms with E-state index in [-0.39, 0.29) is 11.9 Å². The fourth-order valence-corrected chi connectivity index (χ4v) is 4.93. The number of hydrogen-bond donors (Lipinski definition) is 0. The Kier molecular flexibility index (Phi) is 6.61. The predicted octanol–water partition coefficient (Wildman–Crippen LogP) is 6.17. The first-order valence-corrected chi connectivity index (χ1v) is 12.3. The van der Waals surface area contributed by atoms with Crippen LogP contribution in [0.3, 0.4) is 0 Å². The van der Waals surface area contributed by atoms with Crippen molar-refractivity contribution in [3.8, 4) is 5.69 Å². The summed E-state index contributed by atoms with van der Waals surface area (Å²) in [4.78, 5) is 15.0. The molecular weight excluding hydrogens is 470 g/mol. The van der Waals surface area contributed by atoms with Crippen LogP contribution in [0.2, 0.25) is 5.02 Å². The number of carbonyl (C=O) groups is 1. The summed E-state index contributed by atoms with van der Waals surface area (Å²) in [5, 5.41) is 12.0. The highest BCUT2D eigenvalue weighted by Crippen LogP contribution is 2.41. The van der Waals surface area contributed by atoms with Gasteiger partial charge in [0, 0.05) is 37.5 Å². The summed E-state index contributed by atoms with van der Waals surface area (Å²) in [5.74, 6) is 0.846. The SMILES string of the molecule is CC(=O)N1N=C(c2ccc(Cl)cc2)CC1c1c(C)nn(-c2ccccc2)c1N(C)Cc1ccccc1. The maximum atomic E-state index is 12.8. The van der Waals surface area contributed by atoms with Crippen molar-refractivity contribution >= 4 is 29.0 Å². The standard InChI is InChI=1S/C29H28ClN5O/c1-20-28(27-18-26(32-34(27)21(2)36)23-14-16-24(30)17-15-23)29(33(3)19-22-10-6-4-7-11-22)35(31-20)25-12-8-5-9-13-25/h4-17,27H,18-19H2,1-3H3. The predicted molar refractivity (Wildman–Crippen MR) is 145 cm³/mol. The molecule has 3 aromatic carbocycles. The third-order valence-corrected chi connectivity index (χ3v) is 6.70. The molecule has 0 spiro atoms. The van der Waals surface area contributed by atoms with E-state index >= 15 is 0 Å². The molecule has 7 heteroatoms. The second-order valence-corrected chi connectivity index (χ2v) is 9.49. The van der Waals surface area contributed by atoms with Gasteiger partial charge >= 0.3 is 0 Å². The van der Waals surface area contributed by atoms with Crippen LogP contribution in [0, 0.1) is 6.92 Å². The second kappa shape index (κ2) is 9.99. The molecule has 4 aromatic rings. The Bertz CT molecular complexity index is 1400. The molecule has 0 fully saturated rings. The van der Waals surface area contributed by atoms with E-state index in [4.69, 9.17) is 21.8 Å². The number of benzene rings is 3. The summed E-state index contributed by atoms with van der Waals surface area (Å²) >= 11 is 6.10. The maximum absolute atomic E-state index is 12.8. The molecule has 1 aliphatic rings. The minimum atomic E-state index is -0.265. The highest BCUT2D eigenvalue weighted by molar-refractivity contribution is 6.30. The van der Waals surface area contributed by atoms with Crippen LogP contribution in [0.25, 0.3) is 5.69 Å². The summed E-state index contributed by atoms with van der Waals surface area (Å²) in [6, 6.07) is 27.8. The third-order valence-electron chi connectivity index (χ3n) is 6.45. The number of halogens is 1. The van der Waals surface area contributed by atoms with Crippen molar-refractivity contribution < 1.29 is 4.79 Å². The summed E-state index contributed by atoms with van der Waals surface area (Å²) in [7, 11) is 2.07. The lowest BCUT2D eigenvalue weighted by Gasteiger charge is -2.27. The maximum Gasteiger partial charge on any atom is 0.240 e. The monoisotopic (exact) mass is 497 g/mol. The lowest BCUT2D eigenvalue weighted by atomic mass is 9.97. The first-order valence-electron chi connectivity index (χ1n) is 12.0. The zero-order valence-corrected chi connectivity index (χ0v) is 21.4. The second-order valence-electron chi connectivity index (χ2n) is 9.05. The molecule has 1 aromatic heterocycles. The molecule has 0 saturated heterocycles. The van der Waals surface area contributed by atoms with Crippen LogP contribution in [-0.4, -0.2) is 33.5 Å². The van der Waals surface area contributed by atoms with E-state index in [2.05, 4.69) is 24.1 Å². The van der Waals surface area contributed by atoms with Crippen LogP contribution in [-0.2, 0) is 11.3 Å². The van der Waals surface area contributed by atoms with Crippen LogP contribution < -0.4 is 4.90 Å². The highest BCUT2D eigenvalue weighted by Gasteiger charge is 2.37. The van der Waals surface area contributed by atoms with Gasteiger partial charge < -0.3 is 4.90 Å². The molecule has 5 rings (SSSR count). The molecule has 1 amide bonds. The van der Waals surface area contributed by atoms with E-state index in [1.165, 1.54) is 5.56 Å². The molecule has 1 aliphatic heterocycles. The van der Waals surface area contributed by atoms with Gasteiger partial charge in [-0.1, -0.05) is 72.3 Å². The molecule has 0 radical (unpaired) electrons. The summed E-state index contributed by atoms with van der Waals surface area (Å²) in [5.41, 5.74) is 5.85. The average molecular weight is 498 g/mol. The van der Waals surface area contributed by atoms with E-state index in [1.54, 1.807) is 11.9 Å². The summed E-state index contributed by atoms with van der Waals surface area (Å²) in [6.07, 6.45) is 0.592. The zero-order chi connectivity index (χ0) is 25.2. The van der Waals surface area contributed by atoms with Crippen molar-refractivity contribution in [1.29, 1.82) is 0 Å². The summed E-state index contributed by atoms with van der Waals surface area (Å²) in [6.45, 7) is 4.27. The minimum Gasteiger partial charge on any atom is -0.355 e. The largest absolute Gasteiger partial charge is 0.355 e. The molecule has 2 heterocycles. The van der Waals surface area contributed by atoms with Gasteiger partial charge in [-0.15, -0.1) is 0 Å². The number of carbonyl (C=O) groups excluding carboxylic acids is 1. The lowest BCUT2D eigenvalue weighted by Crippen LogP contribution is -2.27. The minimum absolute atomic E-state index is 0.104. The Labute approximate surface area is 216 Å². The number of rotatable bonds is 6. The van der Waals surface area contributed by atoms with Gasteiger partial charge in [-0.2, -0.15) is 10.2 Å². The third kappa shape index (κ3) is 4.64. The smallest absolute Gasteiger partial charge is 0.240 e. The number of hydrazone groups is 1. The highest BCUT2D eigenvalue weighted by atomic mass is 35.5. The molecule has 0 bridgehead atoms. The Morgan fingerprint density at radius 3 is 2.28 bits per heavy atom. The molecule has 0 saturated carbocycles. The Morgan fingerprint density at radius 1 is 1.00 bits per heavy atom. The lowest BCUT2D eigenvalue weighted by molar-refractivity contribution is -0.130.